The number of aryl methyl sites for hydroxylation is 3. The number of hydrogen-bond donors (Lipinski definition) is 1. The Kier molecular flexibility index (Phi) is 3.77. The fourth-order valence-corrected chi connectivity index (χ4v) is 2.77. The van der Waals surface area contributed by atoms with E-state index in [0.717, 1.165) is 22.6 Å². The SMILES string of the molecule is Cc1ccc(-n2nnc(CN)c2-c2ccccc2C)c(C)c1. The van der Waals surface area contributed by atoms with Crippen molar-refractivity contribution in [3.63, 3.8) is 0 Å². The molecule has 2 aromatic carbocycles. The van der Waals surface area contributed by atoms with E-state index in [2.05, 4.69) is 61.4 Å². The average Bonchev–Trinajstić information content (AvgIpc) is 2.91. The van der Waals surface area contributed by atoms with Crippen LogP contribution in [0.1, 0.15) is 22.4 Å². The normalized spacial score (nSPS) is 10.9. The van der Waals surface area contributed by atoms with Crippen LogP contribution in [0.15, 0.2) is 42.5 Å². The predicted octanol–water partition coefficient (Wildman–Crippen LogP) is 3.32. The molecule has 1 heterocycles. The second-order valence-electron chi connectivity index (χ2n) is 5.61. The minimum Gasteiger partial charge on any atom is -0.325 e. The van der Waals surface area contributed by atoms with Gasteiger partial charge in [-0.3, -0.25) is 0 Å². The Labute approximate surface area is 130 Å². The summed E-state index contributed by atoms with van der Waals surface area (Å²) in [6.07, 6.45) is 0. The van der Waals surface area contributed by atoms with E-state index >= 15 is 0 Å². The molecular formula is C18H20N4. The smallest absolute Gasteiger partial charge is 0.105 e. The molecule has 4 nitrogen and oxygen atoms in total. The fraction of sp³-hybridized carbons (Fsp3) is 0.222. The van der Waals surface area contributed by atoms with Crippen molar-refractivity contribution in [2.45, 2.75) is 27.3 Å². The maximum Gasteiger partial charge on any atom is 0.105 e. The zero-order chi connectivity index (χ0) is 15.7. The monoisotopic (exact) mass is 292 g/mol. The standard InChI is InChI=1S/C18H20N4/c1-12-8-9-17(14(3)10-12)22-18(16(11-19)20-21-22)15-7-5-4-6-13(15)2/h4-10H,11,19H2,1-3H3. The van der Waals surface area contributed by atoms with Gasteiger partial charge in [-0.2, -0.15) is 0 Å². The highest BCUT2D eigenvalue weighted by Gasteiger charge is 2.17. The summed E-state index contributed by atoms with van der Waals surface area (Å²) in [4.78, 5) is 0. The van der Waals surface area contributed by atoms with E-state index in [1.807, 2.05) is 16.8 Å². The quantitative estimate of drug-likeness (QED) is 0.805. The Morgan fingerprint density at radius 2 is 1.77 bits per heavy atom. The van der Waals surface area contributed by atoms with Crippen LogP contribution in [0.3, 0.4) is 0 Å². The molecule has 0 aliphatic carbocycles. The first-order valence-electron chi connectivity index (χ1n) is 7.40. The van der Waals surface area contributed by atoms with Crippen LogP contribution in [-0.4, -0.2) is 15.0 Å². The molecule has 1 aromatic heterocycles. The first-order valence-corrected chi connectivity index (χ1v) is 7.40. The van der Waals surface area contributed by atoms with Crippen molar-refractivity contribution in [2.75, 3.05) is 0 Å². The summed E-state index contributed by atoms with van der Waals surface area (Å²) in [5.41, 5.74) is 13.4. The lowest BCUT2D eigenvalue weighted by atomic mass is 10.0. The number of nitrogens with two attached hydrogens (primary N) is 1. The Morgan fingerprint density at radius 3 is 2.45 bits per heavy atom. The van der Waals surface area contributed by atoms with Crippen LogP contribution in [0.25, 0.3) is 16.9 Å². The molecule has 0 saturated carbocycles. The van der Waals surface area contributed by atoms with Gasteiger partial charge in [0.1, 0.15) is 5.69 Å². The fourth-order valence-electron chi connectivity index (χ4n) is 2.77. The molecule has 2 N–H and O–H groups in total. The Bertz CT molecular complexity index is 818. The van der Waals surface area contributed by atoms with Crippen molar-refractivity contribution in [3.05, 3.63) is 64.8 Å². The number of hydrogen-bond acceptors (Lipinski definition) is 3. The second-order valence-corrected chi connectivity index (χ2v) is 5.61. The van der Waals surface area contributed by atoms with Gasteiger partial charge in [0.15, 0.2) is 0 Å². The molecule has 22 heavy (non-hydrogen) atoms. The molecular weight excluding hydrogens is 272 g/mol. The summed E-state index contributed by atoms with van der Waals surface area (Å²) >= 11 is 0. The molecule has 0 saturated heterocycles. The van der Waals surface area contributed by atoms with Crippen molar-refractivity contribution in [1.82, 2.24) is 15.0 Å². The molecule has 0 unspecified atom stereocenters. The zero-order valence-corrected chi connectivity index (χ0v) is 13.2. The highest BCUT2D eigenvalue weighted by molar-refractivity contribution is 5.68. The molecule has 0 aliphatic rings. The molecule has 0 bridgehead atoms. The maximum atomic E-state index is 5.88. The van der Waals surface area contributed by atoms with E-state index in [4.69, 9.17) is 5.73 Å². The van der Waals surface area contributed by atoms with E-state index in [1.54, 1.807) is 0 Å². The van der Waals surface area contributed by atoms with Crippen molar-refractivity contribution in [2.24, 2.45) is 5.73 Å². The maximum absolute atomic E-state index is 5.88. The molecule has 3 aromatic rings. The van der Waals surface area contributed by atoms with Crippen molar-refractivity contribution < 1.29 is 0 Å². The minimum absolute atomic E-state index is 0.370. The molecule has 0 aliphatic heterocycles. The molecule has 0 fully saturated rings. The van der Waals surface area contributed by atoms with Crippen molar-refractivity contribution in [1.29, 1.82) is 0 Å². The zero-order valence-electron chi connectivity index (χ0n) is 13.2. The van der Waals surface area contributed by atoms with E-state index in [0.29, 0.717) is 6.54 Å². The highest BCUT2D eigenvalue weighted by Crippen LogP contribution is 2.29. The topological polar surface area (TPSA) is 56.7 Å². The van der Waals surface area contributed by atoms with Gasteiger partial charge in [-0.05, 0) is 38.0 Å². The molecule has 112 valence electrons. The summed E-state index contributed by atoms with van der Waals surface area (Å²) < 4.78 is 1.90. The highest BCUT2D eigenvalue weighted by atomic mass is 15.4. The summed E-state index contributed by atoms with van der Waals surface area (Å²) in [6.45, 7) is 6.64. The largest absolute Gasteiger partial charge is 0.325 e. The summed E-state index contributed by atoms with van der Waals surface area (Å²) in [5.74, 6) is 0. The van der Waals surface area contributed by atoms with Crippen LogP contribution < -0.4 is 5.73 Å². The van der Waals surface area contributed by atoms with Crippen LogP contribution in [0.4, 0.5) is 0 Å². The Balaban J connectivity index is 2.26. The van der Waals surface area contributed by atoms with Gasteiger partial charge in [0, 0.05) is 12.1 Å². The van der Waals surface area contributed by atoms with Gasteiger partial charge >= 0.3 is 0 Å². The third-order valence-corrected chi connectivity index (χ3v) is 3.91. The number of rotatable bonds is 3. The first kappa shape index (κ1) is 14.5. The van der Waals surface area contributed by atoms with Gasteiger partial charge in [-0.25, -0.2) is 4.68 Å². The lowest BCUT2D eigenvalue weighted by Crippen LogP contribution is -2.05. The molecule has 0 spiro atoms. The summed E-state index contributed by atoms with van der Waals surface area (Å²) in [7, 11) is 0. The summed E-state index contributed by atoms with van der Waals surface area (Å²) in [6, 6.07) is 14.6. The van der Waals surface area contributed by atoms with Crippen LogP contribution >= 0.6 is 0 Å². The van der Waals surface area contributed by atoms with Crippen molar-refractivity contribution >= 4 is 0 Å². The Hall–Kier alpha value is -2.46. The number of benzene rings is 2. The number of nitrogens with zero attached hydrogens (tertiary/aromatic N) is 3. The van der Waals surface area contributed by atoms with E-state index in [9.17, 15) is 0 Å². The van der Waals surface area contributed by atoms with Crippen molar-refractivity contribution in [3.8, 4) is 16.9 Å². The van der Waals surface area contributed by atoms with Gasteiger partial charge in [0.25, 0.3) is 0 Å². The molecule has 0 radical (unpaired) electrons. The van der Waals surface area contributed by atoms with E-state index < -0.39 is 0 Å². The van der Waals surface area contributed by atoms with Crippen LogP contribution in [0.2, 0.25) is 0 Å². The van der Waals surface area contributed by atoms with Crippen LogP contribution in [0.5, 0.6) is 0 Å². The van der Waals surface area contributed by atoms with Crippen LogP contribution in [-0.2, 0) is 6.54 Å². The summed E-state index contributed by atoms with van der Waals surface area (Å²) in [5, 5.41) is 8.63. The third kappa shape index (κ3) is 2.42. The lowest BCUT2D eigenvalue weighted by molar-refractivity contribution is 0.795. The van der Waals surface area contributed by atoms with E-state index in [-0.39, 0.29) is 0 Å². The molecule has 3 rings (SSSR count). The third-order valence-electron chi connectivity index (χ3n) is 3.91. The first-order chi connectivity index (χ1) is 10.6. The Morgan fingerprint density at radius 1 is 1.00 bits per heavy atom. The predicted molar refractivity (Wildman–Crippen MR) is 88.9 cm³/mol. The molecule has 4 heteroatoms. The average molecular weight is 292 g/mol. The lowest BCUT2D eigenvalue weighted by Gasteiger charge is -2.12. The van der Waals surface area contributed by atoms with Gasteiger partial charge < -0.3 is 5.73 Å². The van der Waals surface area contributed by atoms with Gasteiger partial charge in [-0.15, -0.1) is 5.10 Å². The second kappa shape index (κ2) is 5.73. The van der Waals surface area contributed by atoms with Gasteiger partial charge in [-0.1, -0.05) is 47.2 Å². The van der Waals surface area contributed by atoms with Crippen LogP contribution in [0, 0.1) is 20.8 Å². The molecule has 0 atom stereocenters. The van der Waals surface area contributed by atoms with Gasteiger partial charge in [0.05, 0.1) is 11.4 Å². The molecule has 0 amide bonds. The minimum atomic E-state index is 0.370. The van der Waals surface area contributed by atoms with Gasteiger partial charge in [0.2, 0.25) is 0 Å². The van der Waals surface area contributed by atoms with E-state index in [1.165, 1.54) is 16.7 Å². The number of aromatic nitrogens is 3.